The normalized spacial score (nSPS) is 20.7. The van der Waals surface area contributed by atoms with Crippen molar-refractivity contribution in [1.29, 1.82) is 0 Å². The Morgan fingerprint density at radius 3 is 2.62 bits per heavy atom. The first-order valence-corrected chi connectivity index (χ1v) is 7.18. The minimum atomic E-state index is -1.02. The quantitative estimate of drug-likeness (QED) is 0.708. The van der Waals surface area contributed by atoms with Crippen molar-refractivity contribution < 1.29 is 9.50 Å². The van der Waals surface area contributed by atoms with Gasteiger partial charge in [0.05, 0.1) is 0 Å². The van der Waals surface area contributed by atoms with Gasteiger partial charge in [-0.15, -0.1) is 0 Å². The summed E-state index contributed by atoms with van der Waals surface area (Å²) in [5.74, 6) is -0.240. The number of aryl methyl sites for hydroxylation is 1. The highest BCUT2D eigenvalue weighted by Crippen LogP contribution is 2.44. The third kappa shape index (κ3) is 1.79. The first-order chi connectivity index (χ1) is 10.2. The summed E-state index contributed by atoms with van der Waals surface area (Å²) in [6.45, 7) is 0. The number of fused-ring (bicyclic) bond motifs is 2. The lowest BCUT2D eigenvalue weighted by atomic mass is 9.85. The molecule has 1 aliphatic rings. The molecule has 0 spiro atoms. The van der Waals surface area contributed by atoms with E-state index in [1.54, 1.807) is 12.1 Å². The first kappa shape index (κ1) is 12.5. The number of hydrogen-bond donors (Lipinski definition) is 1. The molecule has 1 unspecified atom stereocenters. The van der Waals surface area contributed by atoms with Crippen LogP contribution in [0, 0.1) is 5.82 Å². The molecule has 3 aromatic carbocycles. The molecule has 1 atom stereocenters. The summed E-state index contributed by atoms with van der Waals surface area (Å²) in [5.41, 5.74) is 1.63. The molecule has 0 saturated heterocycles. The summed E-state index contributed by atoms with van der Waals surface area (Å²) in [5, 5.41) is 13.4. The fraction of sp³-hybridized carbons (Fsp3) is 0.158. The second-order valence-electron chi connectivity index (χ2n) is 5.69. The maximum atomic E-state index is 13.4. The number of halogens is 1. The molecule has 0 radical (unpaired) electrons. The molecule has 21 heavy (non-hydrogen) atoms. The molecule has 0 fully saturated rings. The average molecular weight is 278 g/mol. The van der Waals surface area contributed by atoms with E-state index in [1.807, 2.05) is 42.5 Å². The Hall–Kier alpha value is -2.19. The van der Waals surface area contributed by atoms with E-state index in [0.717, 1.165) is 27.5 Å². The lowest BCUT2D eigenvalue weighted by molar-refractivity contribution is 0.0845. The Balaban J connectivity index is 1.98. The van der Waals surface area contributed by atoms with Crippen molar-refractivity contribution in [3.8, 4) is 0 Å². The second kappa shape index (κ2) is 4.40. The molecule has 0 saturated carbocycles. The Kier molecular flexibility index (Phi) is 2.63. The fourth-order valence-electron chi connectivity index (χ4n) is 3.49. The van der Waals surface area contributed by atoms with Gasteiger partial charge in [-0.3, -0.25) is 0 Å². The van der Waals surface area contributed by atoms with Crippen molar-refractivity contribution in [3.05, 3.63) is 83.2 Å². The van der Waals surface area contributed by atoms with E-state index in [-0.39, 0.29) is 5.82 Å². The van der Waals surface area contributed by atoms with E-state index in [2.05, 4.69) is 0 Å². The van der Waals surface area contributed by atoms with Crippen LogP contribution in [0.25, 0.3) is 10.8 Å². The van der Waals surface area contributed by atoms with Gasteiger partial charge in [-0.2, -0.15) is 0 Å². The summed E-state index contributed by atoms with van der Waals surface area (Å²) in [4.78, 5) is 0. The SMILES string of the molecule is OC1(c2cccc3ccccc23)CCc2cc(F)ccc21. The Labute approximate surface area is 122 Å². The zero-order valence-corrected chi connectivity index (χ0v) is 11.5. The van der Waals surface area contributed by atoms with Crippen molar-refractivity contribution >= 4 is 10.8 Å². The number of hydrogen-bond acceptors (Lipinski definition) is 1. The van der Waals surface area contributed by atoms with Gasteiger partial charge in [0.25, 0.3) is 0 Å². The minimum absolute atomic E-state index is 0.240. The van der Waals surface area contributed by atoms with Crippen molar-refractivity contribution in [3.63, 3.8) is 0 Å². The van der Waals surface area contributed by atoms with Crippen LogP contribution in [0.3, 0.4) is 0 Å². The van der Waals surface area contributed by atoms with Gasteiger partial charge in [0, 0.05) is 0 Å². The van der Waals surface area contributed by atoms with Crippen LogP contribution in [0.1, 0.15) is 23.1 Å². The second-order valence-corrected chi connectivity index (χ2v) is 5.69. The smallest absolute Gasteiger partial charge is 0.123 e. The fourth-order valence-corrected chi connectivity index (χ4v) is 3.49. The Bertz CT molecular complexity index is 835. The molecular weight excluding hydrogens is 263 g/mol. The molecule has 1 nitrogen and oxygen atoms in total. The third-order valence-corrected chi connectivity index (χ3v) is 4.50. The summed E-state index contributed by atoms with van der Waals surface area (Å²) < 4.78 is 13.4. The van der Waals surface area contributed by atoms with Gasteiger partial charge >= 0.3 is 0 Å². The molecule has 0 amide bonds. The standard InChI is InChI=1S/C19H15FO/c20-15-8-9-17-14(12-15)10-11-19(17,21)18-7-3-5-13-4-1-2-6-16(13)18/h1-9,12,21H,10-11H2. The van der Waals surface area contributed by atoms with Crippen LogP contribution in [0.4, 0.5) is 4.39 Å². The van der Waals surface area contributed by atoms with Gasteiger partial charge in [-0.05, 0) is 52.4 Å². The lowest BCUT2D eigenvalue weighted by Gasteiger charge is -2.26. The Morgan fingerprint density at radius 1 is 0.905 bits per heavy atom. The van der Waals surface area contributed by atoms with Crippen LogP contribution in [0.15, 0.2) is 60.7 Å². The largest absolute Gasteiger partial charge is 0.380 e. The zero-order valence-electron chi connectivity index (χ0n) is 11.5. The highest BCUT2D eigenvalue weighted by molar-refractivity contribution is 5.87. The van der Waals surface area contributed by atoms with Gasteiger partial charge in [0.15, 0.2) is 0 Å². The molecule has 0 aliphatic heterocycles. The number of benzene rings is 3. The van der Waals surface area contributed by atoms with E-state index in [0.29, 0.717) is 12.8 Å². The minimum Gasteiger partial charge on any atom is -0.380 e. The van der Waals surface area contributed by atoms with E-state index in [9.17, 15) is 9.50 Å². The summed E-state index contributed by atoms with van der Waals surface area (Å²) in [6, 6.07) is 18.7. The van der Waals surface area contributed by atoms with Crippen LogP contribution in [0.2, 0.25) is 0 Å². The zero-order chi connectivity index (χ0) is 14.4. The average Bonchev–Trinajstić information content (AvgIpc) is 2.84. The van der Waals surface area contributed by atoms with Crippen LogP contribution < -0.4 is 0 Å². The monoisotopic (exact) mass is 278 g/mol. The highest BCUT2D eigenvalue weighted by atomic mass is 19.1. The maximum absolute atomic E-state index is 13.4. The molecule has 1 N–H and O–H groups in total. The van der Waals surface area contributed by atoms with Crippen molar-refractivity contribution in [1.82, 2.24) is 0 Å². The van der Waals surface area contributed by atoms with Gasteiger partial charge in [-0.1, -0.05) is 48.5 Å². The molecular formula is C19H15FO. The van der Waals surface area contributed by atoms with Gasteiger partial charge in [-0.25, -0.2) is 4.39 Å². The van der Waals surface area contributed by atoms with Crippen LogP contribution in [-0.2, 0) is 12.0 Å². The molecule has 0 bridgehead atoms. The summed E-state index contributed by atoms with van der Waals surface area (Å²) >= 11 is 0. The van der Waals surface area contributed by atoms with Crippen molar-refractivity contribution in [2.45, 2.75) is 18.4 Å². The van der Waals surface area contributed by atoms with Crippen molar-refractivity contribution in [2.24, 2.45) is 0 Å². The molecule has 104 valence electrons. The van der Waals surface area contributed by atoms with E-state index < -0.39 is 5.60 Å². The summed E-state index contributed by atoms with van der Waals surface area (Å²) in [6.07, 6.45) is 1.30. The van der Waals surface area contributed by atoms with E-state index in [1.165, 1.54) is 6.07 Å². The van der Waals surface area contributed by atoms with Gasteiger partial charge < -0.3 is 5.11 Å². The van der Waals surface area contributed by atoms with Crippen LogP contribution in [0.5, 0.6) is 0 Å². The molecule has 1 aliphatic carbocycles. The molecule has 0 aromatic heterocycles. The van der Waals surface area contributed by atoms with Crippen molar-refractivity contribution in [2.75, 3.05) is 0 Å². The third-order valence-electron chi connectivity index (χ3n) is 4.50. The van der Waals surface area contributed by atoms with Gasteiger partial charge in [0.1, 0.15) is 11.4 Å². The van der Waals surface area contributed by atoms with E-state index >= 15 is 0 Å². The Morgan fingerprint density at radius 2 is 1.71 bits per heavy atom. The lowest BCUT2D eigenvalue weighted by Crippen LogP contribution is -2.24. The van der Waals surface area contributed by atoms with Crippen LogP contribution in [-0.4, -0.2) is 5.11 Å². The molecule has 3 aromatic rings. The molecule has 2 heteroatoms. The number of rotatable bonds is 1. The maximum Gasteiger partial charge on any atom is 0.123 e. The van der Waals surface area contributed by atoms with Crippen LogP contribution >= 0.6 is 0 Å². The highest BCUT2D eigenvalue weighted by Gasteiger charge is 2.39. The number of aliphatic hydroxyl groups is 1. The predicted molar refractivity (Wildman–Crippen MR) is 81.7 cm³/mol. The first-order valence-electron chi connectivity index (χ1n) is 7.18. The molecule has 4 rings (SSSR count). The summed E-state index contributed by atoms with van der Waals surface area (Å²) in [7, 11) is 0. The predicted octanol–water partition coefficient (Wildman–Crippen LogP) is 4.16. The topological polar surface area (TPSA) is 20.2 Å². The van der Waals surface area contributed by atoms with E-state index in [4.69, 9.17) is 0 Å². The van der Waals surface area contributed by atoms with Gasteiger partial charge in [0.2, 0.25) is 0 Å². The molecule has 0 heterocycles.